The molecular formula is C11H15ClF3N3O. The summed E-state index contributed by atoms with van der Waals surface area (Å²) in [6, 6.07) is 1.24. The third-order valence-electron chi connectivity index (χ3n) is 2.14. The maximum absolute atomic E-state index is 12.4. The Morgan fingerprint density at radius 3 is 2.68 bits per heavy atom. The Morgan fingerprint density at radius 2 is 2.05 bits per heavy atom. The highest BCUT2D eigenvalue weighted by molar-refractivity contribution is 6.29. The number of hydrogen-bond acceptors (Lipinski definition) is 4. The fraction of sp³-hybridized carbons (Fsp3) is 0.636. The van der Waals surface area contributed by atoms with Gasteiger partial charge in [-0.1, -0.05) is 24.9 Å². The molecule has 1 rings (SSSR count). The molecule has 1 heterocycles. The molecule has 1 aromatic rings. The molecule has 8 heteroatoms. The standard InChI is InChI=1S/C11H15ClF3N3O/c1-2-3-5-19-6-4-16-9-7-8(12)17-10(18-9)11(13,14)15/h7H,2-6H2,1H3,(H,16,17,18). The number of hydrogen-bond donors (Lipinski definition) is 1. The van der Waals surface area contributed by atoms with Crippen molar-refractivity contribution in [3.05, 3.63) is 17.0 Å². The Bertz CT molecular complexity index is 401. The number of ether oxygens (including phenoxy) is 1. The average Bonchev–Trinajstić information content (AvgIpc) is 2.32. The predicted octanol–water partition coefficient (Wildman–Crippen LogP) is 3.38. The van der Waals surface area contributed by atoms with Crippen LogP contribution in [0.3, 0.4) is 0 Å². The first-order valence-corrected chi connectivity index (χ1v) is 6.24. The van der Waals surface area contributed by atoms with E-state index in [-0.39, 0.29) is 11.0 Å². The minimum atomic E-state index is -4.61. The predicted molar refractivity (Wildman–Crippen MR) is 66.3 cm³/mol. The van der Waals surface area contributed by atoms with Crippen molar-refractivity contribution in [1.82, 2.24) is 9.97 Å². The molecule has 0 amide bonds. The zero-order chi connectivity index (χ0) is 14.3. The fourth-order valence-electron chi connectivity index (χ4n) is 1.23. The van der Waals surface area contributed by atoms with Gasteiger partial charge in [0.05, 0.1) is 6.61 Å². The van der Waals surface area contributed by atoms with Crippen molar-refractivity contribution in [2.24, 2.45) is 0 Å². The van der Waals surface area contributed by atoms with Gasteiger partial charge in [0, 0.05) is 19.2 Å². The van der Waals surface area contributed by atoms with Crippen LogP contribution >= 0.6 is 11.6 Å². The molecule has 0 saturated carbocycles. The monoisotopic (exact) mass is 297 g/mol. The van der Waals surface area contributed by atoms with Gasteiger partial charge in [-0.3, -0.25) is 0 Å². The highest BCUT2D eigenvalue weighted by atomic mass is 35.5. The number of nitrogens with one attached hydrogen (secondary N) is 1. The molecule has 4 nitrogen and oxygen atoms in total. The zero-order valence-electron chi connectivity index (χ0n) is 10.4. The SMILES string of the molecule is CCCCOCCNc1cc(Cl)nc(C(F)(F)F)n1. The van der Waals surface area contributed by atoms with E-state index in [1.165, 1.54) is 6.07 Å². The molecule has 108 valence electrons. The lowest BCUT2D eigenvalue weighted by Crippen LogP contribution is -2.15. The maximum atomic E-state index is 12.4. The van der Waals surface area contributed by atoms with Gasteiger partial charge in [-0.15, -0.1) is 0 Å². The van der Waals surface area contributed by atoms with Gasteiger partial charge in [-0.25, -0.2) is 9.97 Å². The van der Waals surface area contributed by atoms with Crippen LogP contribution in [0.2, 0.25) is 5.15 Å². The molecule has 1 N–H and O–H groups in total. The van der Waals surface area contributed by atoms with Crippen molar-refractivity contribution in [3.63, 3.8) is 0 Å². The molecule has 0 saturated heterocycles. The molecule has 0 radical (unpaired) electrons. The van der Waals surface area contributed by atoms with Crippen LogP contribution in [0.15, 0.2) is 6.07 Å². The van der Waals surface area contributed by atoms with E-state index in [0.29, 0.717) is 19.8 Å². The first-order chi connectivity index (χ1) is 8.93. The van der Waals surface area contributed by atoms with Crippen molar-refractivity contribution in [2.45, 2.75) is 25.9 Å². The van der Waals surface area contributed by atoms with E-state index in [0.717, 1.165) is 12.8 Å². The van der Waals surface area contributed by atoms with Gasteiger partial charge in [0.25, 0.3) is 0 Å². The van der Waals surface area contributed by atoms with Crippen molar-refractivity contribution < 1.29 is 17.9 Å². The summed E-state index contributed by atoms with van der Waals surface area (Å²) in [7, 11) is 0. The van der Waals surface area contributed by atoms with Crippen molar-refractivity contribution in [2.75, 3.05) is 25.1 Å². The number of alkyl halides is 3. The summed E-state index contributed by atoms with van der Waals surface area (Å²) < 4.78 is 42.6. The van der Waals surface area contributed by atoms with Crippen LogP contribution in [0, 0.1) is 0 Å². The number of halogens is 4. The Labute approximate surface area is 114 Å². The van der Waals surface area contributed by atoms with Crippen molar-refractivity contribution in [3.8, 4) is 0 Å². The highest BCUT2D eigenvalue weighted by Gasteiger charge is 2.35. The summed E-state index contributed by atoms with van der Waals surface area (Å²) in [6.07, 6.45) is -2.62. The summed E-state index contributed by atoms with van der Waals surface area (Å²) in [5.74, 6) is -1.22. The molecule has 0 atom stereocenters. The van der Waals surface area contributed by atoms with E-state index in [1.807, 2.05) is 6.92 Å². The summed E-state index contributed by atoms with van der Waals surface area (Å²) in [6.45, 7) is 3.43. The lowest BCUT2D eigenvalue weighted by Gasteiger charge is -2.09. The third-order valence-corrected chi connectivity index (χ3v) is 2.34. The molecule has 0 fully saturated rings. The molecule has 0 aliphatic carbocycles. The van der Waals surface area contributed by atoms with Crippen molar-refractivity contribution >= 4 is 17.4 Å². The Kier molecular flexibility index (Phi) is 6.30. The van der Waals surface area contributed by atoms with Crippen LogP contribution in [0.25, 0.3) is 0 Å². The van der Waals surface area contributed by atoms with E-state index in [1.54, 1.807) is 0 Å². The average molecular weight is 298 g/mol. The lowest BCUT2D eigenvalue weighted by atomic mass is 10.4. The first kappa shape index (κ1) is 16.0. The van der Waals surface area contributed by atoms with E-state index < -0.39 is 12.0 Å². The number of unbranched alkanes of at least 4 members (excludes halogenated alkanes) is 1. The molecule has 1 aromatic heterocycles. The maximum Gasteiger partial charge on any atom is 0.451 e. The second-order valence-corrected chi connectivity index (χ2v) is 4.18. The molecule has 0 bridgehead atoms. The summed E-state index contributed by atoms with van der Waals surface area (Å²) in [4.78, 5) is 6.48. The smallest absolute Gasteiger partial charge is 0.380 e. The third kappa shape index (κ3) is 6.07. The van der Waals surface area contributed by atoms with Crippen LogP contribution in [0.5, 0.6) is 0 Å². The fourth-order valence-corrected chi connectivity index (χ4v) is 1.42. The van der Waals surface area contributed by atoms with Gasteiger partial charge in [0.15, 0.2) is 0 Å². The second kappa shape index (κ2) is 7.49. The number of nitrogens with zero attached hydrogens (tertiary/aromatic N) is 2. The summed E-state index contributed by atoms with van der Waals surface area (Å²) in [5.41, 5.74) is 0. The van der Waals surface area contributed by atoms with Gasteiger partial charge >= 0.3 is 6.18 Å². The van der Waals surface area contributed by atoms with Gasteiger partial charge in [-0.2, -0.15) is 13.2 Å². The largest absolute Gasteiger partial charge is 0.451 e. The minimum absolute atomic E-state index is 0.0337. The molecule has 0 aliphatic heterocycles. The second-order valence-electron chi connectivity index (χ2n) is 3.79. The van der Waals surface area contributed by atoms with E-state index >= 15 is 0 Å². The van der Waals surface area contributed by atoms with Crippen LogP contribution in [0.4, 0.5) is 19.0 Å². The Hall–Kier alpha value is -1.08. The quantitative estimate of drug-likeness (QED) is 0.619. The molecule has 0 aliphatic rings. The normalized spacial score (nSPS) is 11.6. The number of rotatable bonds is 7. The Morgan fingerprint density at radius 1 is 1.32 bits per heavy atom. The minimum Gasteiger partial charge on any atom is -0.380 e. The van der Waals surface area contributed by atoms with Gasteiger partial charge in [0.1, 0.15) is 11.0 Å². The van der Waals surface area contributed by atoms with E-state index in [4.69, 9.17) is 16.3 Å². The van der Waals surface area contributed by atoms with Crippen LogP contribution in [0.1, 0.15) is 25.6 Å². The van der Waals surface area contributed by atoms with E-state index in [9.17, 15) is 13.2 Å². The zero-order valence-corrected chi connectivity index (χ0v) is 11.2. The Balaban J connectivity index is 2.48. The summed E-state index contributed by atoms with van der Waals surface area (Å²) in [5, 5.41) is 2.46. The van der Waals surface area contributed by atoms with Crippen molar-refractivity contribution in [1.29, 1.82) is 0 Å². The van der Waals surface area contributed by atoms with Crippen LogP contribution in [-0.2, 0) is 10.9 Å². The molecule has 19 heavy (non-hydrogen) atoms. The van der Waals surface area contributed by atoms with Crippen LogP contribution < -0.4 is 5.32 Å². The van der Waals surface area contributed by atoms with E-state index in [2.05, 4.69) is 15.3 Å². The molecule has 0 spiro atoms. The number of anilines is 1. The topological polar surface area (TPSA) is 47.0 Å². The first-order valence-electron chi connectivity index (χ1n) is 5.87. The lowest BCUT2D eigenvalue weighted by molar-refractivity contribution is -0.144. The highest BCUT2D eigenvalue weighted by Crippen LogP contribution is 2.28. The summed E-state index contributed by atoms with van der Waals surface area (Å²) >= 11 is 5.52. The van der Waals surface area contributed by atoms with Crippen LogP contribution in [-0.4, -0.2) is 29.7 Å². The van der Waals surface area contributed by atoms with Gasteiger partial charge in [0.2, 0.25) is 5.82 Å². The molecule has 0 unspecified atom stereocenters. The molecular weight excluding hydrogens is 283 g/mol. The molecule has 0 aromatic carbocycles. The van der Waals surface area contributed by atoms with Gasteiger partial charge in [-0.05, 0) is 6.42 Å². The number of aromatic nitrogens is 2. The van der Waals surface area contributed by atoms with Gasteiger partial charge < -0.3 is 10.1 Å².